The van der Waals surface area contributed by atoms with E-state index in [4.69, 9.17) is 4.74 Å². The summed E-state index contributed by atoms with van der Waals surface area (Å²) >= 11 is 2.34. The Labute approximate surface area is 125 Å². The second-order valence-corrected chi connectivity index (χ2v) is 5.95. The Morgan fingerprint density at radius 3 is 2.44 bits per heavy atom. The molecule has 1 rings (SSSR count). The average molecular weight is 361 g/mol. The normalized spacial score (nSPS) is 14.4. The summed E-state index contributed by atoms with van der Waals surface area (Å²) in [6, 6.07) is 9.36. The molecule has 1 N–H and O–H groups in total. The SMILES string of the molecule is CCNC(CCC(C)OC)Cc1ccc(I)cc1. The number of hydrogen-bond donors (Lipinski definition) is 1. The first kappa shape index (κ1) is 15.9. The highest BCUT2D eigenvalue weighted by Gasteiger charge is 2.10. The molecule has 18 heavy (non-hydrogen) atoms. The minimum Gasteiger partial charge on any atom is -0.382 e. The van der Waals surface area contributed by atoms with Crippen molar-refractivity contribution in [3.05, 3.63) is 33.4 Å². The van der Waals surface area contributed by atoms with Crippen LogP contribution in [0.4, 0.5) is 0 Å². The van der Waals surface area contributed by atoms with E-state index in [2.05, 4.69) is 66.0 Å². The number of likely N-dealkylation sites (N-methyl/N-ethyl adjacent to an activating group) is 1. The van der Waals surface area contributed by atoms with E-state index in [1.165, 1.54) is 9.13 Å². The smallest absolute Gasteiger partial charge is 0.0543 e. The molecule has 0 saturated carbocycles. The fourth-order valence-corrected chi connectivity index (χ4v) is 2.38. The van der Waals surface area contributed by atoms with E-state index >= 15 is 0 Å². The third-order valence-corrected chi connectivity index (χ3v) is 3.93. The van der Waals surface area contributed by atoms with Crippen LogP contribution in [0.25, 0.3) is 0 Å². The van der Waals surface area contributed by atoms with Gasteiger partial charge in [0.15, 0.2) is 0 Å². The van der Waals surface area contributed by atoms with E-state index in [1.54, 1.807) is 7.11 Å². The molecule has 1 aromatic rings. The van der Waals surface area contributed by atoms with Crippen molar-refractivity contribution < 1.29 is 4.74 Å². The van der Waals surface area contributed by atoms with Crippen LogP contribution < -0.4 is 5.32 Å². The van der Waals surface area contributed by atoms with Gasteiger partial charge in [-0.25, -0.2) is 0 Å². The molecule has 2 nitrogen and oxygen atoms in total. The van der Waals surface area contributed by atoms with Crippen LogP contribution in [0.2, 0.25) is 0 Å². The topological polar surface area (TPSA) is 21.3 Å². The van der Waals surface area contributed by atoms with Crippen molar-refractivity contribution in [1.82, 2.24) is 5.32 Å². The van der Waals surface area contributed by atoms with Gasteiger partial charge in [0.2, 0.25) is 0 Å². The predicted octanol–water partition coefficient (Wildman–Crippen LogP) is 3.63. The molecule has 102 valence electrons. The Balaban J connectivity index is 2.48. The summed E-state index contributed by atoms with van der Waals surface area (Å²) < 4.78 is 6.61. The molecule has 0 fully saturated rings. The molecule has 1 aromatic carbocycles. The molecule has 0 aliphatic rings. The van der Waals surface area contributed by atoms with E-state index in [0.29, 0.717) is 12.1 Å². The van der Waals surface area contributed by atoms with Gasteiger partial charge in [-0.05, 0) is 73.0 Å². The van der Waals surface area contributed by atoms with E-state index < -0.39 is 0 Å². The summed E-state index contributed by atoms with van der Waals surface area (Å²) in [5.41, 5.74) is 1.41. The standard InChI is InChI=1S/C15H24INO/c1-4-17-15(10-5-12(2)18-3)11-13-6-8-14(16)9-7-13/h6-9,12,15,17H,4-5,10-11H2,1-3H3. The number of halogens is 1. The molecular formula is C15H24INO. The molecule has 0 bridgehead atoms. The molecule has 0 amide bonds. The van der Waals surface area contributed by atoms with E-state index in [0.717, 1.165) is 25.8 Å². The molecular weight excluding hydrogens is 337 g/mol. The zero-order chi connectivity index (χ0) is 13.4. The van der Waals surface area contributed by atoms with E-state index in [9.17, 15) is 0 Å². The van der Waals surface area contributed by atoms with Crippen molar-refractivity contribution >= 4 is 22.6 Å². The highest BCUT2D eigenvalue weighted by atomic mass is 127. The van der Waals surface area contributed by atoms with Crippen LogP contribution in [0.15, 0.2) is 24.3 Å². The Hall–Kier alpha value is -0.130. The Bertz CT molecular complexity index is 326. The van der Waals surface area contributed by atoms with Crippen LogP contribution in [0.5, 0.6) is 0 Å². The van der Waals surface area contributed by atoms with Gasteiger partial charge in [-0.1, -0.05) is 19.1 Å². The molecule has 0 heterocycles. The van der Waals surface area contributed by atoms with Crippen LogP contribution in [0.3, 0.4) is 0 Å². The third kappa shape index (κ3) is 6.16. The van der Waals surface area contributed by atoms with Crippen LogP contribution >= 0.6 is 22.6 Å². The maximum atomic E-state index is 5.32. The lowest BCUT2D eigenvalue weighted by atomic mass is 10.0. The van der Waals surface area contributed by atoms with Crippen molar-refractivity contribution in [2.75, 3.05) is 13.7 Å². The predicted molar refractivity (Wildman–Crippen MR) is 86.0 cm³/mol. The highest BCUT2D eigenvalue weighted by Crippen LogP contribution is 2.12. The first-order valence-corrected chi connectivity index (χ1v) is 7.74. The largest absolute Gasteiger partial charge is 0.382 e. The molecule has 2 unspecified atom stereocenters. The molecule has 0 saturated heterocycles. The minimum absolute atomic E-state index is 0.350. The van der Waals surface area contributed by atoms with Crippen molar-refractivity contribution in [2.24, 2.45) is 0 Å². The van der Waals surface area contributed by atoms with Crippen LogP contribution in [-0.4, -0.2) is 25.8 Å². The lowest BCUT2D eigenvalue weighted by Gasteiger charge is -2.20. The third-order valence-electron chi connectivity index (χ3n) is 3.21. The summed E-state index contributed by atoms with van der Waals surface area (Å²) in [5.74, 6) is 0. The summed E-state index contributed by atoms with van der Waals surface area (Å²) in [7, 11) is 1.78. The lowest BCUT2D eigenvalue weighted by molar-refractivity contribution is 0.106. The summed E-state index contributed by atoms with van der Waals surface area (Å²) in [4.78, 5) is 0. The molecule has 0 aromatic heterocycles. The summed E-state index contributed by atoms with van der Waals surface area (Å²) in [6.45, 7) is 5.32. The second kappa shape index (κ2) is 8.88. The molecule has 0 spiro atoms. The van der Waals surface area contributed by atoms with Crippen molar-refractivity contribution in [3.63, 3.8) is 0 Å². The number of methoxy groups -OCH3 is 1. The number of hydrogen-bond acceptors (Lipinski definition) is 2. The fraction of sp³-hybridized carbons (Fsp3) is 0.600. The van der Waals surface area contributed by atoms with Crippen LogP contribution in [-0.2, 0) is 11.2 Å². The van der Waals surface area contributed by atoms with Gasteiger partial charge in [-0.2, -0.15) is 0 Å². The zero-order valence-electron chi connectivity index (χ0n) is 11.6. The number of ether oxygens (including phenoxy) is 1. The molecule has 0 aliphatic carbocycles. The number of rotatable bonds is 8. The first-order valence-electron chi connectivity index (χ1n) is 6.66. The second-order valence-electron chi connectivity index (χ2n) is 4.71. The number of nitrogens with one attached hydrogen (secondary N) is 1. The highest BCUT2D eigenvalue weighted by molar-refractivity contribution is 14.1. The van der Waals surface area contributed by atoms with Gasteiger partial charge in [0.05, 0.1) is 6.10 Å². The van der Waals surface area contributed by atoms with Crippen molar-refractivity contribution in [2.45, 2.75) is 45.3 Å². The summed E-state index contributed by atoms with van der Waals surface area (Å²) in [5, 5.41) is 3.57. The van der Waals surface area contributed by atoms with Gasteiger partial charge in [-0.3, -0.25) is 0 Å². The average Bonchev–Trinajstić information content (AvgIpc) is 2.38. The van der Waals surface area contributed by atoms with Crippen molar-refractivity contribution in [1.29, 1.82) is 0 Å². The zero-order valence-corrected chi connectivity index (χ0v) is 13.7. The monoisotopic (exact) mass is 361 g/mol. The maximum absolute atomic E-state index is 5.32. The van der Waals surface area contributed by atoms with Gasteiger partial charge in [0, 0.05) is 16.7 Å². The molecule has 0 aliphatic heterocycles. The Morgan fingerprint density at radius 2 is 1.89 bits per heavy atom. The van der Waals surface area contributed by atoms with E-state index in [-0.39, 0.29) is 0 Å². The van der Waals surface area contributed by atoms with Gasteiger partial charge >= 0.3 is 0 Å². The van der Waals surface area contributed by atoms with Crippen LogP contribution in [0.1, 0.15) is 32.3 Å². The van der Waals surface area contributed by atoms with E-state index in [1.807, 2.05) is 0 Å². The first-order chi connectivity index (χ1) is 8.65. The Morgan fingerprint density at radius 1 is 1.22 bits per heavy atom. The van der Waals surface area contributed by atoms with Gasteiger partial charge in [-0.15, -0.1) is 0 Å². The lowest BCUT2D eigenvalue weighted by Crippen LogP contribution is -2.31. The molecule has 3 heteroatoms. The quantitative estimate of drug-likeness (QED) is 0.714. The molecule has 2 atom stereocenters. The number of benzene rings is 1. The Kier molecular flexibility index (Phi) is 7.86. The van der Waals surface area contributed by atoms with Gasteiger partial charge in [0.25, 0.3) is 0 Å². The fourth-order valence-electron chi connectivity index (χ4n) is 2.02. The minimum atomic E-state index is 0.350. The molecule has 0 radical (unpaired) electrons. The summed E-state index contributed by atoms with van der Waals surface area (Å²) in [6.07, 6.45) is 3.72. The van der Waals surface area contributed by atoms with Gasteiger partial charge < -0.3 is 10.1 Å². The van der Waals surface area contributed by atoms with Gasteiger partial charge in [0.1, 0.15) is 0 Å². The maximum Gasteiger partial charge on any atom is 0.0543 e. The van der Waals surface area contributed by atoms with Crippen LogP contribution in [0, 0.1) is 3.57 Å². The van der Waals surface area contributed by atoms with Crippen molar-refractivity contribution in [3.8, 4) is 0 Å².